The van der Waals surface area contributed by atoms with Crippen LogP contribution in [0.15, 0.2) is 15.9 Å². The summed E-state index contributed by atoms with van der Waals surface area (Å²) < 4.78 is 1.07. The first-order valence-corrected chi connectivity index (χ1v) is 6.60. The molecule has 2 heterocycles. The third-order valence-corrected chi connectivity index (χ3v) is 4.09. The number of carbonyl (C=O) groups excluding carboxylic acids is 1. The van der Waals surface area contributed by atoms with Crippen LogP contribution in [0.2, 0.25) is 0 Å². The fourth-order valence-corrected chi connectivity index (χ4v) is 3.18. The molecular formula is C10H13BrN2OS. The Kier molecular flexibility index (Phi) is 3.43. The Balaban J connectivity index is 2.08. The van der Waals surface area contributed by atoms with Gasteiger partial charge >= 0.3 is 0 Å². The van der Waals surface area contributed by atoms with Gasteiger partial charge in [0.05, 0.1) is 8.79 Å². The minimum Gasteiger partial charge on any atom is -0.312 e. The first-order valence-electron chi connectivity index (χ1n) is 4.99. The van der Waals surface area contributed by atoms with Gasteiger partial charge in [0, 0.05) is 19.0 Å². The second-order valence-electron chi connectivity index (χ2n) is 3.54. The van der Waals surface area contributed by atoms with E-state index in [1.165, 1.54) is 0 Å². The summed E-state index contributed by atoms with van der Waals surface area (Å²) in [4.78, 5) is 13.6. The lowest BCUT2D eigenvalue weighted by Crippen LogP contribution is -2.32. The normalized spacial score (nSPS) is 21.3. The maximum atomic E-state index is 11.7. The zero-order valence-electron chi connectivity index (χ0n) is 8.50. The predicted octanol–water partition coefficient (Wildman–Crippen LogP) is 2.23. The number of rotatable bonds is 3. The molecule has 15 heavy (non-hydrogen) atoms. The number of nitrogens with one attached hydrogen (secondary N) is 1. The molecule has 0 spiro atoms. The number of amides is 1. The van der Waals surface area contributed by atoms with Crippen LogP contribution < -0.4 is 10.2 Å². The van der Waals surface area contributed by atoms with Gasteiger partial charge in [-0.1, -0.05) is 6.92 Å². The Morgan fingerprint density at radius 2 is 2.47 bits per heavy atom. The number of hydrogen-bond acceptors (Lipinski definition) is 3. The molecule has 1 amide bonds. The zero-order chi connectivity index (χ0) is 10.8. The summed E-state index contributed by atoms with van der Waals surface area (Å²) in [7, 11) is 0. The van der Waals surface area contributed by atoms with E-state index in [0.29, 0.717) is 12.5 Å². The topological polar surface area (TPSA) is 32.3 Å². The number of carbonyl (C=O) groups is 1. The van der Waals surface area contributed by atoms with E-state index in [9.17, 15) is 4.79 Å². The van der Waals surface area contributed by atoms with E-state index in [-0.39, 0.29) is 5.91 Å². The monoisotopic (exact) mass is 288 g/mol. The van der Waals surface area contributed by atoms with Crippen molar-refractivity contribution in [2.24, 2.45) is 0 Å². The summed E-state index contributed by atoms with van der Waals surface area (Å²) in [5, 5.41) is 4.35. The SMILES string of the molecule is CCNC1CC(=O)N(c2ccc(Br)s2)C1. The molecular weight excluding hydrogens is 276 g/mol. The third-order valence-electron chi connectivity index (χ3n) is 2.44. The maximum absolute atomic E-state index is 11.7. The van der Waals surface area contributed by atoms with Crippen molar-refractivity contribution in [1.82, 2.24) is 5.32 Å². The van der Waals surface area contributed by atoms with Crippen LogP contribution >= 0.6 is 27.3 Å². The lowest BCUT2D eigenvalue weighted by Gasteiger charge is -2.14. The van der Waals surface area contributed by atoms with Gasteiger partial charge in [0.1, 0.15) is 0 Å². The van der Waals surface area contributed by atoms with E-state index < -0.39 is 0 Å². The predicted molar refractivity (Wildman–Crippen MR) is 66.5 cm³/mol. The van der Waals surface area contributed by atoms with E-state index in [0.717, 1.165) is 21.9 Å². The Labute approximate surface area is 102 Å². The van der Waals surface area contributed by atoms with Gasteiger partial charge in [-0.3, -0.25) is 4.79 Å². The minimum absolute atomic E-state index is 0.218. The van der Waals surface area contributed by atoms with E-state index in [2.05, 4.69) is 28.2 Å². The van der Waals surface area contributed by atoms with Crippen molar-refractivity contribution in [2.75, 3.05) is 18.0 Å². The van der Waals surface area contributed by atoms with Crippen molar-refractivity contribution in [3.8, 4) is 0 Å². The number of thiophene rings is 1. The number of anilines is 1. The second-order valence-corrected chi connectivity index (χ2v) is 5.98. The van der Waals surface area contributed by atoms with Crippen LogP contribution in [0.25, 0.3) is 0 Å². The van der Waals surface area contributed by atoms with Gasteiger partial charge in [-0.15, -0.1) is 11.3 Å². The molecule has 1 aromatic heterocycles. The second kappa shape index (κ2) is 4.63. The van der Waals surface area contributed by atoms with E-state index in [1.54, 1.807) is 11.3 Å². The van der Waals surface area contributed by atoms with Crippen LogP contribution in [0.5, 0.6) is 0 Å². The molecule has 0 aromatic carbocycles. The molecule has 1 aliphatic rings. The Hall–Kier alpha value is -0.390. The molecule has 0 aliphatic carbocycles. The van der Waals surface area contributed by atoms with Crippen molar-refractivity contribution in [2.45, 2.75) is 19.4 Å². The number of halogens is 1. The highest BCUT2D eigenvalue weighted by Gasteiger charge is 2.30. The lowest BCUT2D eigenvalue weighted by atomic mass is 10.2. The molecule has 1 N–H and O–H groups in total. The standard InChI is InChI=1S/C10H13BrN2OS/c1-2-12-7-5-9(14)13(6-7)10-4-3-8(11)15-10/h3-4,7,12H,2,5-6H2,1H3. The smallest absolute Gasteiger partial charge is 0.229 e. The first kappa shape index (κ1) is 11.1. The number of hydrogen-bond donors (Lipinski definition) is 1. The van der Waals surface area contributed by atoms with Gasteiger partial charge in [0.25, 0.3) is 0 Å². The molecule has 1 saturated heterocycles. The van der Waals surface area contributed by atoms with Crippen molar-refractivity contribution >= 4 is 38.2 Å². The fraction of sp³-hybridized carbons (Fsp3) is 0.500. The quantitative estimate of drug-likeness (QED) is 0.925. The van der Waals surface area contributed by atoms with E-state index in [4.69, 9.17) is 0 Å². The van der Waals surface area contributed by atoms with Crippen molar-refractivity contribution in [1.29, 1.82) is 0 Å². The van der Waals surface area contributed by atoms with Crippen LogP contribution in [0, 0.1) is 0 Å². The Morgan fingerprint density at radius 3 is 3.07 bits per heavy atom. The molecule has 0 saturated carbocycles. The average molecular weight is 289 g/mol. The molecule has 1 aromatic rings. The molecule has 0 bridgehead atoms. The van der Waals surface area contributed by atoms with Crippen LogP contribution in [0.3, 0.4) is 0 Å². The molecule has 5 heteroatoms. The summed E-state index contributed by atoms with van der Waals surface area (Å²) in [6.07, 6.45) is 0.614. The van der Waals surface area contributed by atoms with Gasteiger partial charge in [-0.25, -0.2) is 0 Å². The van der Waals surface area contributed by atoms with Gasteiger partial charge in [-0.2, -0.15) is 0 Å². The zero-order valence-corrected chi connectivity index (χ0v) is 10.9. The molecule has 3 nitrogen and oxygen atoms in total. The molecule has 1 unspecified atom stereocenters. The highest BCUT2D eigenvalue weighted by Crippen LogP contribution is 2.32. The maximum Gasteiger partial charge on any atom is 0.229 e. The van der Waals surface area contributed by atoms with Gasteiger partial charge < -0.3 is 10.2 Å². The number of likely N-dealkylation sites (N-methyl/N-ethyl adjacent to an activating group) is 1. The van der Waals surface area contributed by atoms with Crippen molar-refractivity contribution in [3.63, 3.8) is 0 Å². The summed E-state index contributed by atoms with van der Waals surface area (Å²) >= 11 is 5.01. The highest BCUT2D eigenvalue weighted by atomic mass is 79.9. The van der Waals surface area contributed by atoms with Gasteiger partial charge in [0.2, 0.25) is 5.91 Å². The first-order chi connectivity index (χ1) is 7.20. The average Bonchev–Trinajstić information content (AvgIpc) is 2.73. The van der Waals surface area contributed by atoms with Crippen LogP contribution in [-0.4, -0.2) is 25.0 Å². The van der Waals surface area contributed by atoms with Crippen molar-refractivity contribution in [3.05, 3.63) is 15.9 Å². The molecule has 1 fully saturated rings. The molecule has 82 valence electrons. The fourth-order valence-electron chi connectivity index (χ4n) is 1.80. The number of nitrogens with zero attached hydrogens (tertiary/aromatic N) is 1. The van der Waals surface area contributed by atoms with Crippen LogP contribution in [-0.2, 0) is 4.79 Å². The Bertz CT molecular complexity index is 366. The molecule has 1 atom stereocenters. The molecule has 0 radical (unpaired) electrons. The summed E-state index contributed by atoms with van der Waals surface area (Å²) in [6.45, 7) is 3.77. The highest BCUT2D eigenvalue weighted by molar-refractivity contribution is 9.11. The minimum atomic E-state index is 0.218. The summed E-state index contributed by atoms with van der Waals surface area (Å²) in [5.74, 6) is 0.218. The molecule has 1 aliphatic heterocycles. The third kappa shape index (κ3) is 2.41. The van der Waals surface area contributed by atoms with Crippen LogP contribution in [0.1, 0.15) is 13.3 Å². The Morgan fingerprint density at radius 1 is 1.67 bits per heavy atom. The van der Waals surface area contributed by atoms with E-state index in [1.807, 2.05) is 17.0 Å². The molecule has 2 rings (SSSR count). The van der Waals surface area contributed by atoms with Crippen LogP contribution in [0.4, 0.5) is 5.00 Å². The summed E-state index contributed by atoms with van der Waals surface area (Å²) in [6, 6.07) is 4.28. The summed E-state index contributed by atoms with van der Waals surface area (Å²) in [5.41, 5.74) is 0. The van der Waals surface area contributed by atoms with Crippen molar-refractivity contribution < 1.29 is 4.79 Å². The van der Waals surface area contributed by atoms with E-state index >= 15 is 0 Å². The van der Waals surface area contributed by atoms with Gasteiger partial charge in [0.15, 0.2) is 0 Å². The van der Waals surface area contributed by atoms with Gasteiger partial charge in [-0.05, 0) is 34.6 Å². The largest absolute Gasteiger partial charge is 0.312 e. The lowest BCUT2D eigenvalue weighted by molar-refractivity contribution is -0.117.